The van der Waals surface area contributed by atoms with Gasteiger partial charge in [-0.25, -0.2) is 4.79 Å². The number of likely N-dealkylation sites (N-methyl/N-ethyl adjacent to an activating group) is 1. The van der Waals surface area contributed by atoms with Crippen LogP contribution in [0.15, 0.2) is 91.0 Å². The van der Waals surface area contributed by atoms with Crippen LogP contribution < -0.4 is 9.47 Å². The molecular formula is C29H31NO5. The maximum absolute atomic E-state index is 12.9. The van der Waals surface area contributed by atoms with Gasteiger partial charge in [0.25, 0.3) is 0 Å². The molecule has 3 aromatic carbocycles. The number of rotatable bonds is 12. The van der Waals surface area contributed by atoms with E-state index in [1.54, 1.807) is 17.0 Å². The average Bonchev–Trinajstić information content (AvgIpc) is 2.89. The van der Waals surface area contributed by atoms with Gasteiger partial charge in [0, 0.05) is 25.7 Å². The number of nitrogens with zero attached hydrogens (tertiary/aromatic N) is 1. The van der Waals surface area contributed by atoms with E-state index in [-0.39, 0.29) is 18.9 Å². The third kappa shape index (κ3) is 9.01. The Morgan fingerprint density at radius 3 is 2.11 bits per heavy atom. The van der Waals surface area contributed by atoms with Crippen LogP contribution >= 0.6 is 0 Å². The van der Waals surface area contributed by atoms with E-state index < -0.39 is 5.97 Å². The molecule has 6 nitrogen and oxygen atoms in total. The van der Waals surface area contributed by atoms with Crippen LogP contribution in [0.4, 0.5) is 0 Å². The Balaban J connectivity index is 1.66. The van der Waals surface area contributed by atoms with Crippen molar-refractivity contribution in [3.63, 3.8) is 0 Å². The third-order valence-corrected chi connectivity index (χ3v) is 5.35. The van der Waals surface area contributed by atoms with Crippen LogP contribution in [0, 0.1) is 0 Å². The number of ether oxygens (including phenoxy) is 3. The van der Waals surface area contributed by atoms with E-state index in [9.17, 15) is 9.59 Å². The Hall–Kier alpha value is -4.06. The maximum Gasteiger partial charge on any atom is 0.330 e. The first-order chi connectivity index (χ1) is 17.0. The van der Waals surface area contributed by atoms with Crippen LogP contribution in [0.3, 0.4) is 0 Å². The molecule has 3 rings (SSSR count). The first-order valence-corrected chi connectivity index (χ1v) is 11.5. The Morgan fingerprint density at radius 2 is 1.46 bits per heavy atom. The Labute approximate surface area is 206 Å². The van der Waals surface area contributed by atoms with Crippen molar-refractivity contribution in [2.24, 2.45) is 0 Å². The summed E-state index contributed by atoms with van der Waals surface area (Å²) in [6, 6.07) is 25.4. The van der Waals surface area contributed by atoms with Crippen LogP contribution in [-0.4, -0.2) is 44.1 Å². The number of benzene rings is 3. The molecule has 0 heterocycles. The van der Waals surface area contributed by atoms with Gasteiger partial charge in [-0.3, -0.25) is 4.79 Å². The fourth-order valence-electron chi connectivity index (χ4n) is 3.37. The minimum Gasteiger partial charge on any atom is -0.489 e. The van der Waals surface area contributed by atoms with E-state index in [2.05, 4.69) is 16.9 Å². The average molecular weight is 474 g/mol. The standard InChI is InChI=1S/C29H31NO5/c1-30(16-15-23-10-5-3-6-11-23)28(31)20-25-18-26(34-17-9-14-29(32)33-2)21-27(19-25)35-22-24-12-7-4-8-13-24/h3-14,18-19,21H,15-17,20,22H2,1-2H3. The van der Waals surface area contributed by atoms with Crippen molar-refractivity contribution in [2.45, 2.75) is 19.4 Å². The number of hydrogen-bond donors (Lipinski definition) is 0. The van der Waals surface area contributed by atoms with Crippen LogP contribution in [0.2, 0.25) is 0 Å². The van der Waals surface area contributed by atoms with Gasteiger partial charge in [-0.05, 0) is 41.3 Å². The molecule has 182 valence electrons. The molecule has 3 aromatic rings. The van der Waals surface area contributed by atoms with Crippen LogP contribution in [-0.2, 0) is 33.8 Å². The van der Waals surface area contributed by atoms with Gasteiger partial charge < -0.3 is 19.1 Å². The van der Waals surface area contributed by atoms with E-state index in [0.717, 1.165) is 17.5 Å². The lowest BCUT2D eigenvalue weighted by Crippen LogP contribution is -2.30. The summed E-state index contributed by atoms with van der Waals surface area (Å²) in [6.45, 7) is 1.22. The highest BCUT2D eigenvalue weighted by Crippen LogP contribution is 2.25. The molecule has 0 spiro atoms. The second-order valence-electron chi connectivity index (χ2n) is 8.05. The quantitative estimate of drug-likeness (QED) is 0.284. The molecule has 0 radical (unpaired) electrons. The highest BCUT2D eigenvalue weighted by Gasteiger charge is 2.12. The van der Waals surface area contributed by atoms with Crippen molar-refractivity contribution < 1.29 is 23.8 Å². The molecule has 35 heavy (non-hydrogen) atoms. The first kappa shape index (κ1) is 25.6. The summed E-state index contributed by atoms with van der Waals surface area (Å²) < 4.78 is 16.4. The molecule has 0 atom stereocenters. The number of hydrogen-bond acceptors (Lipinski definition) is 5. The highest BCUT2D eigenvalue weighted by atomic mass is 16.5. The van der Waals surface area contributed by atoms with Crippen LogP contribution in [0.5, 0.6) is 11.5 Å². The summed E-state index contributed by atoms with van der Waals surface area (Å²) in [7, 11) is 3.14. The summed E-state index contributed by atoms with van der Waals surface area (Å²) in [5.41, 5.74) is 3.02. The first-order valence-electron chi connectivity index (χ1n) is 11.5. The van der Waals surface area contributed by atoms with Crippen molar-refractivity contribution in [2.75, 3.05) is 27.3 Å². The predicted molar refractivity (Wildman–Crippen MR) is 135 cm³/mol. The fourth-order valence-corrected chi connectivity index (χ4v) is 3.37. The molecule has 0 aliphatic rings. The van der Waals surface area contributed by atoms with Gasteiger partial charge in [-0.15, -0.1) is 0 Å². The molecule has 0 saturated carbocycles. The summed E-state index contributed by atoms with van der Waals surface area (Å²) in [6.07, 6.45) is 3.90. The van der Waals surface area contributed by atoms with Gasteiger partial charge in [0.1, 0.15) is 24.7 Å². The monoisotopic (exact) mass is 473 g/mol. The van der Waals surface area contributed by atoms with Crippen molar-refractivity contribution in [3.05, 3.63) is 108 Å². The second kappa shape index (κ2) is 13.6. The smallest absolute Gasteiger partial charge is 0.330 e. The van der Waals surface area contributed by atoms with Gasteiger partial charge in [-0.1, -0.05) is 60.7 Å². The number of esters is 1. The molecule has 6 heteroatoms. The molecular weight excluding hydrogens is 442 g/mol. The second-order valence-corrected chi connectivity index (χ2v) is 8.05. The number of carbonyl (C=O) groups excluding carboxylic acids is 2. The summed E-state index contributed by atoms with van der Waals surface area (Å²) in [5, 5.41) is 0. The van der Waals surface area contributed by atoms with Gasteiger partial charge >= 0.3 is 5.97 Å². The molecule has 0 fully saturated rings. The molecule has 0 unspecified atom stereocenters. The minimum absolute atomic E-state index is 0.0117. The summed E-state index contributed by atoms with van der Waals surface area (Å²) in [4.78, 5) is 25.9. The maximum atomic E-state index is 12.9. The van der Waals surface area contributed by atoms with Crippen molar-refractivity contribution in [1.29, 1.82) is 0 Å². The summed E-state index contributed by atoms with van der Waals surface area (Å²) >= 11 is 0. The topological polar surface area (TPSA) is 65.1 Å². The van der Waals surface area contributed by atoms with Gasteiger partial charge in [0.2, 0.25) is 5.91 Å². The SMILES string of the molecule is COC(=O)C=CCOc1cc(CC(=O)N(C)CCc2ccccc2)cc(OCc2ccccc2)c1. The molecule has 0 aromatic heterocycles. The molecule has 0 bridgehead atoms. The van der Waals surface area contributed by atoms with Crippen molar-refractivity contribution in [3.8, 4) is 11.5 Å². The molecule has 0 aliphatic heterocycles. The fraction of sp³-hybridized carbons (Fsp3) is 0.241. The lowest BCUT2D eigenvalue weighted by atomic mass is 10.1. The zero-order valence-electron chi connectivity index (χ0n) is 20.2. The van der Waals surface area contributed by atoms with E-state index in [0.29, 0.717) is 24.7 Å². The Morgan fingerprint density at radius 1 is 0.829 bits per heavy atom. The van der Waals surface area contributed by atoms with Gasteiger partial charge in [-0.2, -0.15) is 0 Å². The number of carbonyl (C=O) groups is 2. The Bertz CT molecular complexity index is 1110. The van der Waals surface area contributed by atoms with Crippen molar-refractivity contribution >= 4 is 11.9 Å². The van der Waals surface area contributed by atoms with E-state index in [1.807, 2.05) is 67.7 Å². The van der Waals surface area contributed by atoms with E-state index in [1.165, 1.54) is 18.7 Å². The molecule has 0 saturated heterocycles. The lowest BCUT2D eigenvalue weighted by molar-refractivity contribution is -0.135. The zero-order chi connectivity index (χ0) is 24.9. The third-order valence-electron chi connectivity index (χ3n) is 5.35. The van der Waals surface area contributed by atoms with E-state index >= 15 is 0 Å². The number of methoxy groups -OCH3 is 1. The highest BCUT2D eigenvalue weighted by molar-refractivity contribution is 5.81. The van der Waals surface area contributed by atoms with Crippen molar-refractivity contribution in [1.82, 2.24) is 4.90 Å². The number of amides is 1. The van der Waals surface area contributed by atoms with Crippen LogP contribution in [0.25, 0.3) is 0 Å². The van der Waals surface area contributed by atoms with Crippen LogP contribution in [0.1, 0.15) is 16.7 Å². The summed E-state index contributed by atoms with van der Waals surface area (Å²) in [5.74, 6) is 0.730. The van der Waals surface area contributed by atoms with E-state index in [4.69, 9.17) is 9.47 Å². The van der Waals surface area contributed by atoms with Gasteiger partial charge in [0.15, 0.2) is 0 Å². The normalized spacial score (nSPS) is 10.7. The molecule has 0 N–H and O–H groups in total. The predicted octanol–water partition coefficient (Wildman–Crippen LogP) is 4.62. The largest absolute Gasteiger partial charge is 0.489 e. The Kier molecular flexibility index (Phi) is 9.93. The van der Waals surface area contributed by atoms with Gasteiger partial charge in [0.05, 0.1) is 13.5 Å². The minimum atomic E-state index is -0.446. The molecule has 0 aliphatic carbocycles. The lowest BCUT2D eigenvalue weighted by Gasteiger charge is -2.18. The molecule has 1 amide bonds. The zero-order valence-corrected chi connectivity index (χ0v) is 20.2.